The van der Waals surface area contributed by atoms with Crippen LogP contribution in [0.3, 0.4) is 0 Å². The van der Waals surface area contributed by atoms with Crippen molar-refractivity contribution in [2.75, 3.05) is 19.6 Å². The van der Waals surface area contributed by atoms with E-state index < -0.39 is 0 Å². The van der Waals surface area contributed by atoms with E-state index in [1.165, 1.54) is 37.4 Å². The molecule has 0 radical (unpaired) electrons. The van der Waals surface area contributed by atoms with Crippen molar-refractivity contribution in [3.8, 4) is 0 Å². The molecular weight excluding hydrogens is 316 g/mol. The average Bonchev–Trinajstić information content (AvgIpc) is 2.93. The fourth-order valence-electron chi connectivity index (χ4n) is 3.29. The lowest BCUT2D eigenvalue weighted by Gasteiger charge is -2.31. The van der Waals surface area contributed by atoms with Crippen LogP contribution in [0.5, 0.6) is 0 Å². The molecule has 1 amide bonds. The summed E-state index contributed by atoms with van der Waals surface area (Å²) in [7, 11) is 0. The molecule has 1 saturated heterocycles. The highest BCUT2D eigenvalue weighted by Gasteiger charge is 2.22. The molecule has 1 aromatic carbocycles. The maximum atomic E-state index is 12.3. The zero-order valence-electron chi connectivity index (χ0n) is 14.3. The third kappa shape index (κ3) is 4.76. The second-order valence-electron chi connectivity index (χ2n) is 6.38. The van der Waals surface area contributed by atoms with Crippen LogP contribution in [-0.4, -0.2) is 40.4 Å². The van der Waals surface area contributed by atoms with Crippen LogP contribution in [0.4, 0.5) is 0 Å². The van der Waals surface area contributed by atoms with Gasteiger partial charge in [-0.2, -0.15) is 0 Å². The minimum atomic E-state index is -0.316. The number of hydrogen-bond acceptors (Lipinski definition) is 4. The Kier molecular flexibility index (Phi) is 5.95. The first-order chi connectivity index (χ1) is 12.2. The van der Waals surface area contributed by atoms with Gasteiger partial charge in [0, 0.05) is 12.7 Å². The molecule has 25 heavy (non-hydrogen) atoms. The number of nitrogens with one attached hydrogen (secondary N) is 2. The van der Waals surface area contributed by atoms with Crippen molar-refractivity contribution in [1.29, 1.82) is 0 Å². The Morgan fingerprint density at radius 1 is 1.16 bits per heavy atom. The summed E-state index contributed by atoms with van der Waals surface area (Å²) in [5.74, 6) is -0.271. The molecule has 0 aliphatic carbocycles. The summed E-state index contributed by atoms with van der Waals surface area (Å²) in [5, 5.41) is 2.97. The number of benzene rings is 1. The second kappa shape index (κ2) is 8.58. The van der Waals surface area contributed by atoms with Crippen LogP contribution < -0.4 is 10.9 Å². The molecule has 1 unspecified atom stereocenters. The average molecular weight is 340 g/mol. The van der Waals surface area contributed by atoms with Crippen LogP contribution >= 0.6 is 0 Å². The molecule has 3 rings (SSSR count). The van der Waals surface area contributed by atoms with Crippen molar-refractivity contribution in [1.82, 2.24) is 20.2 Å². The highest BCUT2D eigenvalue weighted by Crippen LogP contribution is 2.23. The van der Waals surface area contributed by atoms with Crippen LogP contribution in [0.1, 0.15) is 47.8 Å². The molecule has 1 aliphatic heterocycles. The molecule has 6 heteroatoms. The molecule has 0 spiro atoms. The van der Waals surface area contributed by atoms with E-state index in [9.17, 15) is 9.59 Å². The van der Waals surface area contributed by atoms with Crippen molar-refractivity contribution in [2.24, 2.45) is 0 Å². The molecule has 1 fully saturated rings. The zero-order valence-corrected chi connectivity index (χ0v) is 14.3. The first-order valence-electron chi connectivity index (χ1n) is 8.86. The van der Waals surface area contributed by atoms with E-state index in [2.05, 4.69) is 32.3 Å². The lowest BCUT2D eigenvalue weighted by atomic mass is 10.0. The molecule has 2 heterocycles. The first-order valence-corrected chi connectivity index (χ1v) is 8.86. The topological polar surface area (TPSA) is 78.1 Å². The third-order valence-corrected chi connectivity index (χ3v) is 4.63. The summed E-state index contributed by atoms with van der Waals surface area (Å²) in [6.07, 6.45) is 7.40. The van der Waals surface area contributed by atoms with Gasteiger partial charge in [-0.3, -0.25) is 14.5 Å². The number of likely N-dealkylation sites (tertiary alicyclic amines) is 1. The van der Waals surface area contributed by atoms with Crippen LogP contribution in [0.25, 0.3) is 0 Å². The van der Waals surface area contributed by atoms with E-state index in [-0.39, 0.29) is 23.2 Å². The number of aromatic amines is 1. The van der Waals surface area contributed by atoms with Crippen molar-refractivity contribution < 1.29 is 4.79 Å². The van der Waals surface area contributed by atoms with Crippen molar-refractivity contribution >= 4 is 5.91 Å². The summed E-state index contributed by atoms with van der Waals surface area (Å²) in [5.41, 5.74) is 1.12. The van der Waals surface area contributed by atoms with Gasteiger partial charge in [0.2, 0.25) is 0 Å². The maximum Gasteiger partial charge on any atom is 0.271 e. The van der Waals surface area contributed by atoms with Crippen LogP contribution in [0.15, 0.2) is 47.5 Å². The van der Waals surface area contributed by atoms with Gasteiger partial charge in [0.25, 0.3) is 11.5 Å². The normalized spacial score (nSPS) is 16.8. The summed E-state index contributed by atoms with van der Waals surface area (Å²) < 4.78 is 0. The zero-order chi connectivity index (χ0) is 17.5. The number of rotatable bonds is 5. The highest BCUT2D eigenvalue weighted by molar-refractivity contribution is 5.91. The molecule has 1 aliphatic rings. The lowest BCUT2D eigenvalue weighted by molar-refractivity contribution is 0.0927. The van der Waals surface area contributed by atoms with Crippen LogP contribution in [0, 0.1) is 0 Å². The van der Waals surface area contributed by atoms with Gasteiger partial charge in [0.05, 0.1) is 12.2 Å². The summed E-state index contributed by atoms with van der Waals surface area (Å²) in [6, 6.07) is 10.4. The second-order valence-corrected chi connectivity index (χ2v) is 6.38. The van der Waals surface area contributed by atoms with E-state index in [1.54, 1.807) is 0 Å². The Bertz CT molecular complexity index is 716. The summed E-state index contributed by atoms with van der Waals surface area (Å²) in [4.78, 5) is 32.2. The molecule has 1 aromatic heterocycles. The summed E-state index contributed by atoms with van der Waals surface area (Å²) in [6.45, 7) is 2.61. The number of carbonyl (C=O) groups excluding carboxylic acids is 1. The molecule has 6 nitrogen and oxygen atoms in total. The predicted molar refractivity (Wildman–Crippen MR) is 96.4 cm³/mol. The maximum absolute atomic E-state index is 12.3. The molecular formula is C19H24N4O2. The van der Waals surface area contributed by atoms with E-state index >= 15 is 0 Å². The van der Waals surface area contributed by atoms with Crippen molar-refractivity contribution in [3.05, 3.63) is 64.3 Å². The number of nitrogens with zero attached hydrogens (tertiary/aromatic N) is 2. The fraction of sp³-hybridized carbons (Fsp3) is 0.421. The molecule has 0 bridgehead atoms. The highest BCUT2D eigenvalue weighted by atomic mass is 16.2. The number of amides is 1. The summed E-state index contributed by atoms with van der Waals surface area (Å²) >= 11 is 0. The van der Waals surface area contributed by atoms with E-state index in [0.717, 1.165) is 19.3 Å². The quantitative estimate of drug-likeness (QED) is 0.874. The minimum Gasteiger partial charge on any atom is -0.349 e. The van der Waals surface area contributed by atoms with E-state index in [4.69, 9.17) is 0 Å². The van der Waals surface area contributed by atoms with Gasteiger partial charge < -0.3 is 10.3 Å². The number of hydrogen-bond donors (Lipinski definition) is 2. The standard InChI is InChI=1S/C19H24N4O2/c24-18-14-20-16(12-21-18)19(25)22-13-17(15-8-4-3-5-9-15)23-10-6-1-2-7-11-23/h3-5,8-9,12,14,17H,1-2,6-7,10-11,13H2,(H,21,24)(H,22,25). The predicted octanol–water partition coefficient (Wildman–Crippen LogP) is 2.12. The van der Waals surface area contributed by atoms with E-state index in [0.29, 0.717) is 6.54 Å². The third-order valence-electron chi connectivity index (χ3n) is 4.63. The molecule has 0 saturated carbocycles. The van der Waals surface area contributed by atoms with Crippen molar-refractivity contribution in [2.45, 2.75) is 31.7 Å². The number of H-pyrrole nitrogens is 1. The Balaban J connectivity index is 1.72. The van der Waals surface area contributed by atoms with Gasteiger partial charge in [-0.15, -0.1) is 0 Å². The van der Waals surface area contributed by atoms with Gasteiger partial charge in [0.1, 0.15) is 5.69 Å². The Labute approximate surface area is 147 Å². The van der Waals surface area contributed by atoms with Gasteiger partial charge in [-0.05, 0) is 31.5 Å². The van der Waals surface area contributed by atoms with E-state index in [1.807, 2.05) is 18.2 Å². The number of carbonyl (C=O) groups is 1. The molecule has 1 atom stereocenters. The molecule has 132 valence electrons. The van der Waals surface area contributed by atoms with Crippen LogP contribution in [-0.2, 0) is 0 Å². The largest absolute Gasteiger partial charge is 0.349 e. The minimum absolute atomic E-state index is 0.144. The smallest absolute Gasteiger partial charge is 0.271 e. The number of aromatic nitrogens is 2. The van der Waals surface area contributed by atoms with Gasteiger partial charge >= 0.3 is 0 Å². The Morgan fingerprint density at radius 2 is 1.88 bits per heavy atom. The Morgan fingerprint density at radius 3 is 2.52 bits per heavy atom. The van der Waals surface area contributed by atoms with Crippen LogP contribution in [0.2, 0.25) is 0 Å². The Hall–Kier alpha value is -2.47. The molecule has 2 aromatic rings. The van der Waals surface area contributed by atoms with Gasteiger partial charge in [0.15, 0.2) is 0 Å². The van der Waals surface area contributed by atoms with Crippen molar-refractivity contribution in [3.63, 3.8) is 0 Å². The fourth-order valence-corrected chi connectivity index (χ4v) is 3.29. The lowest BCUT2D eigenvalue weighted by Crippen LogP contribution is -2.39. The molecule has 2 N–H and O–H groups in total. The first kappa shape index (κ1) is 17.4. The monoisotopic (exact) mass is 340 g/mol. The SMILES string of the molecule is O=C(NCC(c1ccccc1)N1CCCCCC1)c1c[nH]c(=O)cn1. The van der Waals surface area contributed by atoms with Gasteiger partial charge in [-0.25, -0.2) is 4.98 Å². The van der Waals surface area contributed by atoms with Gasteiger partial charge in [-0.1, -0.05) is 43.2 Å².